The third-order valence-electron chi connectivity index (χ3n) is 2.74. The second kappa shape index (κ2) is 5.94. The molecule has 102 valence electrons. The van der Waals surface area contributed by atoms with Crippen molar-refractivity contribution >= 4 is 22.7 Å². The lowest BCUT2D eigenvalue weighted by molar-refractivity contribution is 0.628. The van der Waals surface area contributed by atoms with Crippen LogP contribution in [-0.4, -0.2) is 9.97 Å². The Hall–Kier alpha value is -2.04. The van der Waals surface area contributed by atoms with Gasteiger partial charge in [0.05, 0.1) is 22.1 Å². The second-order valence-electron chi connectivity index (χ2n) is 4.08. The van der Waals surface area contributed by atoms with E-state index < -0.39 is 0 Å². The van der Waals surface area contributed by atoms with Crippen LogP contribution in [0.2, 0.25) is 0 Å². The fraction of sp³-hybridized carbons (Fsp3) is 0.0667. The molecule has 0 fully saturated rings. The van der Waals surface area contributed by atoms with Gasteiger partial charge >= 0.3 is 0 Å². The molecule has 0 spiro atoms. The number of hydrogen-bond donors (Lipinski definition) is 1. The summed E-state index contributed by atoms with van der Waals surface area (Å²) in [6.45, 7) is 7.49. The van der Waals surface area contributed by atoms with Crippen molar-refractivity contribution in [2.75, 3.05) is 0 Å². The molecule has 0 saturated carbocycles. The smallest absolute Gasteiger partial charge is 0.123 e. The van der Waals surface area contributed by atoms with Crippen LogP contribution in [0.25, 0.3) is 22.4 Å². The molecule has 1 heterocycles. The minimum absolute atomic E-state index is 0.175. The second-order valence-corrected chi connectivity index (χ2v) is 4.53. The zero-order valence-electron chi connectivity index (χ0n) is 10.7. The fourth-order valence-corrected chi connectivity index (χ4v) is 1.98. The van der Waals surface area contributed by atoms with E-state index >= 15 is 0 Å². The number of rotatable bonds is 4. The molecule has 0 aliphatic heterocycles. The number of halogens is 2. The average Bonchev–Trinajstić information content (AvgIpc) is 2.45. The summed E-state index contributed by atoms with van der Waals surface area (Å²) in [5, 5.41) is 0.244. The van der Waals surface area contributed by atoms with Crippen LogP contribution in [0.4, 0.5) is 4.39 Å². The van der Waals surface area contributed by atoms with Crippen LogP contribution in [0.1, 0.15) is 17.1 Å². The Morgan fingerprint density at radius 1 is 1.40 bits per heavy atom. The van der Waals surface area contributed by atoms with Crippen LogP contribution in [0.5, 0.6) is 0 Å². The molecular formula is C15H13ClFN3. The molecule has 2 N–H and O–H groups in total. The van der Waals surface area contributed by atoms with Gasteiger partial charge in [-0.1, -0.05) is 36.9 Å². The zero-order chi connectivity index (χ0) is 14.7. The zero-order valence-corrected chi connectivity index (χ0v) is 11.5. The normalized spacial score (nSPS) is 10.3. The topological polar surface area (TPSA) is 51.8 Å². The number of nitrogens with two attached hydrogens (primary N) is 1. The highest BCUT2D eigenvalue weighted by Gasteiger charge is 2.14. The molecule has 1 aromatic heterocycles. The van der Waals surface area contributed by atoms with Gasteiger partial charge in [0, 0.05) is 12.1 Å². The van der Waals surface area contributed by atoms with Gasteiger partial charge in [-0.3, -0.25) is 0 Å². The molecule has 20 heavy (non-hydrogen) atoms. The van der Waals surface area contributed by atoms with E-state index in [2.05, 4.69) is 23.1 Å². The summed E-state index contributed by atoms with van der Waals surface area (Å²) in [5.41, 5.74) is 8.24. The number of benzene rings is 1. The highest BCUT2D eigenvalue weighted by atomic mass is 35.5. The standard InChI is InChI=1S/C15H13ClFN3/c1-3-12-14(9(2)16)20-15(13(8-18)19-12)10-5-4-6-11(17)7-10/h3-7H,1-2,8,18H2. The first-order valence-corrected chi connectivity index (χ1v) is 6.28. The predicted octanol–water partition coefficient (Wildman–Crippen LogP) is 3.59. The molecule has 0 atom stereocenters. The number of hydrogen-bond acceptors (Lipinski definition) is 3. The van der Waals surface area contributed by atoms with Crippen molar-refractivity contribution in [1.29, 1.82) is 0 Å². The lowest BCUT2D eigenvalue weighted by atomic mass is 10.1. The average molecular weight is 290 g/mol. The van der Waals surface area contributed by atoms with E-state index in [0.717, 1.165) is 0 Å². The van der Waals surface area contributed by atoms with Crippen LogP contribution in [0.15, 0.2) is 37.4 Å². The minimum Gasteiger partial charge on any atom is -0.325 e. The molecule has 3 nitrogen and oxygen atoms in total. The molecule has 5 heteroatoms. The molecule has 0 bridgehead atoms. The summed E-state index contributed by atoms with van der Waals surface area (Å²) < 4.78 is 13.4. The Morgan fingerprint density at radius 3 is 2.70 bits per heavy atom. The maximum absolute atomic E-state index is 13.4. The van der Waals surface area contributed by atoms with E-state index in [4.69, 9.17) is 17.3 Å². The summed E-state index contributed by atoms with van der Waals surface area (Å²) >= 11 is 5.92. The van der Waals surface area contributed by atoms with E-state index in [0.29, 0.717) is 28.3 Å². The van der Waals surface area contributed by atoms with Crippen LogP contribution in [-0.2, 0) is 6.54 Å². The monoisotopic (exact) mass is 289 g/mol. The summed E-state index contributed by atoms with van der Waals surface area (Å²) in [6.07, 6.45) is 1.53. The highest BCUT2D eigenvalue weighted by Crippen LogP contribution is 2.26. The molecule has 0 amide bonds. The van der Waals surface area contributed by atoms with Gasteiger partial charge in [-0.2, -0.15) is 0 Å². The van der Waals surface area contributed by atoms with Gasteiger partial charge in [0.25, 0.3) is 0 Å². The van der Waals surface area contributed by atoms with E-state index in [9.17, 15) is 4.39 Å². The maximum atomic E-state index is 13.4. The Kier molecular flexibility index (Phi) is 4.27. The number of aromatic nitrogens is 2. The van der Waals surface area contributed by atoms with Gasteiger partial charge in [-0.05, 0) is 18.2 Å². The van der Waals surface area contributed by atoms with Crippen molar-refractivity contribution in [3.8, 4) is 11.3 Å². The van der Waals surface area contributed by atoms with Crippen molar-refractivity contribution in [1.82, 2.24) is 9.97 Å². The van der Waals surface area contributed by atoms with Crippen molar-refractivity contribution in [3.63, 3.8) is 0 Å². The van der Waals surface area contributed by atoms with Crippen molar-refractivity contribution in [3.05, 3.63) is 60.3 Å². The molecule has 2 aromatic rings. The molecule has 2 rings (SSSR count). The lowest BCUT2D eigenvalue weighted by Gasteiger charge is -2.11. The van der Waals surface area contributed by atoms with Gasteiger partial charge in [0.1, 0.15) is 11.5 Å². The quantitative estimate of drug-likeness (QED) is 0.936. The van der Waals surface area contributed by atoms with Crippen LogP contribution < -0.4 is 5.73 Å². The largest absolute Gasteiger partial charge is 0.325 e. The van der Waals surface area contributed by atoms with Crippen molar-refractivity contribution in [2.45, 2.75) is 6.54 Å². The van der Waals surface area contributed by atoms with Gasteiger partial charge in [0.2, 0.25) is 0 Å². The predicted molar refractivity (Wildman–Crippen MR) is 80.3 cm³/mol. The lowest BCUT2D eigenvalue weighted by Crippen LogP contribution is -2.08. The van der Waals surface area contributed by atoms with Gasteiger partial charge in [0.15, 0.2) is 0 Å². The van der Waals surface area contributed by atoms with Crippen LogP contribution in [0, 0.1) is 5.82 Å². The Labute approximate surface area is 121 Å². The summed E-state index contributed by atoms with van der Waals surface area (Å²) in [4.78, 5) is 8.78. The molecule has 1 aromatic carbocycles. The van der Waals surface area contributed by atoms with E-state index in [1.165, 1.54) is 18.2 Å². The van der Waals surface area contributed by atoms with Gasteiger partial charge < -0.3 is 5.73 Å². The molecule has 0 aliphatic rings. The van der Waals surface area contributed by atoms with Crippen LogP contribution in [0.3, 0.4) is 0 Å². The SMILES string of the molecule is C=Cc1nc(CN)c(-c2cccc(F)c2)nc1C(=C)Cl. The van der Waals surface area contributed by atoms with Gasteiger partial charge in [-0.15, -0.1) is 0 Å². The van der Waals surface area contributed by atoms with E-state index in [-0.39, 0.29) is 17.4 Å². The minimum atomic E-state index is -0.355. The summed E-state index contributed by atoms with van der Waals surface area (Å²) in [6, 6.07) is 6.07. The molecule has 0 radical (unpaired) electrons. The molecule has 0 aliphatic carbocycles. The first-order chi connectivity index (χ1) is 9.56. The van der Waals surface area contributed by atoms with Crippen molar-refractivity contribution in [2.24, 2.45) is 5.73 Å². The first-order valence-electron chi connectivity index (χ1n) is 5.91. The Balaban J connectivity index is 2.71. The number of nitrogens with zero attached hydrogens (tertiary/aromatic N) is 2. The Bertz CT molecular complexity index is 683. The third kappa shape index (κ3) is 2.76. The first kappa shape index (κ1) is 14.4. The highest BCUT2D eigenvalue weighted by molar-refractivity contribution is 6.48. The molecular weight excluding hydrogens is 277 g/mol. The molecule has 0 saturated heterocycles. The van der Waals surface area contributed by atoms with E-state index in [1.54, 1.807) is 12.1 Å². The van der Waals surface area contributed by atoms with Gasteiger partial charge in [-0.25, -0.2) is 14.4 Å². The third-order valence-corrected chi connectivity index (χ3v) is 2.92. The molecule has 0 unspecified atom stereocenters. The summed E-state index contributed by atoms with van der Waals surface area (Å²) in [5.74, 6) is -0.355. The van der Waals surface area contributed by atoms with Crippen molar-refractivity contribution < 1.29 is 4.39 Å². The fourth-order valence-electron chi connectivity index (χ4n) is 1.84. The summed E-state index contributed by atoms with van der Waals surface area (Å²) in [7, 11) is 0. The maximum Gasteiger partial charge on any atom is 0.123 e. The van der Waals surface area contributed by atoms with E-state index in [1.807, 2.05) is 0 Å². The van der Waals surface area contributed by atoms with Crippen LogP contribution >= 0.6 is 11.6 Å². The Morgan fingerprint density at radius 2 is 2.15 bits per heavy atom.